The number of halogens is 2. The smallest absolute Gasteiger partial charge is 0.0723 e. The molecule has 0 radical (unpaired) electrons. The van der Waals surface area contributed by atoms with Crippen molar-refractivity contribution in [3.05, 3.63) is 69.8 Å². The van der Waals surface area contributed by atoms with E-state index in [-0.39, 0.29) is 0 Å². The number of hydrogen-bond acceptors (Lipinski definition) is 2. The third kappa shape index (κ3) is 2.94. The summed E-state index contributed by atoms with van der Waals surface area (Å²) in [6.45, 7) is 0.728. The van der Waals surface area contributed by atoms with E-state index < -0.39 is 0 Å². The van der Waals surface area contributed by atoms with E-state index in [9.17, 15) is 0 Å². The molecular weight excluding hydrogens is 336 g/mol. The third-order valence-electron chi connectivity index (χ3n) is 3.08. The minimum absolute atomic E-state index is 0.728. The normalized spacial score (nSPS) is 10.7. The van der Waals surface area contributed by atoms with E-state index in [2.05, 4.69) is 38.4 Å². The third-order valence-corrected chi connectivity index (χ3v) is 3.80. The van der Waals surface area contributed by atoms with Crippen LogP contribution in [0.2, 0.25) is 5.02 Å². The van der Waals surface area contributed by atoms with E-state index in [1.54, 1.807) is 0 Å². The summed E-state index contributed by atoms with van der Waals surface area (Å²) in [6, 6.07) is 15.9. The predicted octanol–water partition coefficient (Wildman–Crippen LogP) is 5.26. The van der Waals surface area contributed by atoms with E-state index in [0.29, 0.717) is 0 Å². The van der Waals surface area contributed by atoms with E-state index in [1.807, 2.05) is 42.6 Å². The molecule has 100 valence electrons. The summed E-state index contributed by atoms with van der Waals surface area (Å²) in [7, 11) is 0. The molecule has 3 rings (SSSR count). The molecule has 0 unspecified atom stereocenters. The molecule has 0 bridgehead atoms. The Kier molecular flexibility index (Phi) is 3.90. The van der Waals surface area contributed by atoms with E-state index in [1.165, 1.54) is 0 Å². The topological polar surface area (TPSA) is 24.9 Å². The molecule has 1 N–H and O–H groups in total. The van der Waals surface area contributed by atoms with Gasteiger partial charge in [0.05, 0.1) is 5.52 Å². The lowest BCUT2D eigenvalue weighted by Crippen LogP contribution is -2.00. The Balaban J connectivity index is 1.89. The van der Waals surface area contributed by atoms with Gasteiger partial charge in [0.15, 0.2) is 0 Å². The number of benzene rings is 2. The van der Waals surface area contributed by atoms with Gasteiger partial charge in [-0.2, -0.15) is 0 Å². The van der Waals surface area contributed by atoms with E-state index in [0.717, 1.165) is 38.2 Å². The monoisotopic (exact) mass is 346 g/mol. The SMILES string of the molecule is Clc1cccc(CNc2ccnc3ccc(Br)cc23)c1. The van der Waals surface area contributed by atoms with Gasteiger partial charge in [-0.1, -0.05) is 39.7 Å². The molecule has 0 aliphatic rings. The first kappa shape index (κ1) is 13.4. The summed E-state index contributed by atoms with van der Waals surface area (Å²) in [6.07, 6.45) is 1.82. The number of nitrogens with one attached hydrogen (secondary N) is 1. The standard InChI is InChI=1S/C16H12BrClN2/c17-12-4-5-15-14(9-12)16(6-7-19-15)20-10-11-2-1-3-13(18)8-11/h1-9H,10H2,(H,19,20). The first-order chi connectivity index (χ1) is 9.72. The Labute approximate surface area is 130 Å². The van der Waals surface area contributed by atoms with Crippen LogP contribution in [0.3, 0.4) is 0 Å². The van der Waals surface area contributed by atoms with Crippen molar-refractivity contribution in [2.75, 3.05) is 5.32 Å². The number of hydrogen-bond donors (Lipinski definition) is 1. The maximum absolute atomic E-state index is 6.00. The average Bonchev–Trinajstić information content (AvgIpc) is 2.45. The van der Waals surface area contributed by atoms with Crippen LogP contribution < -0.4 is 5.32 Å². The Morgan fingerprint density at radius 3 is 2.85 bits per heavy atom. The molecule has 0 saturated carbocycles. The highest BCUT2D eigenvalue weighted by Crippen LogP contribution is 2.25. The molecular formula is C16H12BrClN2. The molecule has 1 aromatic heterocycles. The van der Waals surface area contributed by atoms with Crippen molar-refractivity contribution in [3.8, 4) is 0 Å². The van der Waals surface area contributed by atoms with Crippen LogP contribution in [0.4, 0.5) is 5.69 Å². The zero-order chi connectivity index (χ0) is 13.9. The first-order valence-electron chi connectivity index (χ1n) is 6.25. The van der Waals surface area contributed by atoms with Crippen LogP contribution in [0.5, 0.6) is 0 Å². The molecule has 4 heteroatoms. The Bertz CT molecular complexity index is 758. The van der Waals surface area contributed by atoms with Gasteiger partial charge in [-0.05, 0) is 42.0 Å². The number of nitrogens with zero attached hydrogens (tertiary/aromatic N) is 1. The predicted molar refractivity (Wildman–Crippen MR) is 88.2 cm³/mol. The highest BCUT2D eigenvalue weighted by atomic mass is 79.9. The maximum atomic E-state index is 6.00. The van der Waals surface area contributed by atoms with Crippen molar-refractivity contribution in [1.82, 2.24) is 4.98 Å². The molecule has 0 fully saturated rings. The van der Waals surface area contributed by atoms with Gasteiger partial charge in [0.2, 0.25) is 0 Å². The van der Waals surface area contributed by atoms with Crippen LogP contribution in [0.15, 0.2) is 59.2 Å². The molecule has 0 spiro atoms. The highest BCUT2D eigenvalue weighted by Gasteiger charge is 2.03. The fraction of sp³-hybridized carbons (Fsp3) is 0.0625. The lowest BCUT2D eigenvalue weighted by Gasteiger charge is -2.10. The van der Waals surface area contributed by atoms with Crippen molar-refractivity contribution >= 4 is 44.1 Å². The lowest BCUT2D eigenvalue weighted by molar-refractivity contribution is 1.15. The average molecular weight is 348 g/mol. The van der Waals surface area contributed by atoms with Crippen LogP contribution in [-0.4, -0.2) is 4.98 Å². The fourth-order valence-corrected chi connectivity index (χ4v) is 2.69. The van der Waals surface area contributed by atoms with Gasteiger partial charge in [0.25, 0.3) is 0 Å². The second-order valence-electron chi connectivity index (χ2n) is 4.50. The zero-order valence-electron chi connectivity index (χ0n) is 10.6. The number of pyridine rings is 1. The van der Waals surface area contributed by atoms with Crippen molar-refractivity contribution in [3.63, 3.8) is 0 Å². The maximum Gasteiger partial charge on any atom is 0.0723 e. The van der Waals surface area contributed by atoms with Crippen LogP contribution in [0, 0.1) is 0 Å². The molecule has 20 heavy (non-hydrogen) atoms. The summed E-state index contributed by atoms with van der Waals surface area (Å²) in [5.41, 5.74) is 3.19. The second-order valence-corrected chi connectivity index (χ2v) is 5.86. The molecule has 0 atom stereocenters. The van der Waals surface area contributed by atoms with Crippen LogP contribution in [0.1, 0.15) is 5.56 Å². The number of aromatic nitrogens is 1. The van der Waals surface area contributed by atoms with Gasteiger partial charge in [-0.3, -0.25) is 4.98 Å². The number of fused-ring (bicyclic) bond motifs is 1. The van der Waals surface area contributed by atoms with Gasteiger partial charge >= 0.3 is 0 Å². The van der Waals surface area contributed by atoms with Gasteiger partial charge in [0, 0.05) is 33.3 Å². The first-order valence-corrected chi connectivity index (χ1v) is 7.42. The molecule has 2 nitrogen and oxygen atoms in total. The summed E-state index contributed by atoms with van der Waals surface area (Å²) < 4.78 is 1.05. The van der Waals surface area contributed by atoms with Crippen LogP contribution in [-0.2, 0) is 6.54 Å². The summed E-state index contributed by atoms with van der Waals surface area (Å²) in [5.74, 6) is 0. The largest absolute Gasteiger partial charge is 0.380 e. The van der Waals surface area contributed by atoms with Gasteiger partial charge in [-0.25, -0.2) is 0 Å². The molecule has 3 aromatic rings. The summed E-state index contributed by atoms with van der Waals surface area (Å²) >= 11 is 9.50. The number of anilines is 1. The molecule has 1 heterocycles. The Morgan fingerprint density at radius 2 is 2.00 bits per heavy atom. The van der Waals surface area contributed by atoms with Crippen molar-refractivity contribution in [1.29, 1.82) is 0 Å². The van der Waals surface area contributed by atoms with E-state index in [4.69, 9.17) is 11.6 Å². The van der Waals surface area contributed by atoms with Crippen molar-refractivity contribution in [2.45, 2.75) is 6.54 Å². The minimum atomic E-state index is 0.728. The molecule has 0 aliphatic carbocycles. The van der Waals surface area contributed by atoms with Crippen molar-refractivity contribution in [2.24, 2.45) is 0 Å². The van der Waals surface area contributed by atoms with Crippen molar-refractivity contribution < 1.29 is 0 Å². The van der Waals surface area contributed by atoms with Crippen LogP contribution in [0.25, 0.3) is 10.9 Å². The van der Waals surface area contributed by atoms with Crippen LogP contribution >= 0.6 is 27.5 Å². The Hall–Kier alpha value is -1.58. The lowest BCUT2D eigenvalue weighted by atomic mass is 10.1. The quantitative estimate of drug-likeness (QED) is 0.699. The second kappa shape index (κ2) is 5.81. The molecule has 2 aromatic carbocycles. The minimum Gasteiger partial charge on any atom is -0.380 e. The summed E-state index contributed by atoms with van der Waals surface area (Å²) in [5, 5.41) is 5.30. The summed E-state index contributed by atoms with van der Waals surface area (Å²) in [4.78, 5) is 4.37. The van der Waals surface area contributed by atoms with Gasteiger partial charge in [0.1, 0.15) is 0 Å². The Morgan fingerprint density at radius 1 is 1.10 bits per heavy atom. The highest BCUT2D eigenvalue weighted by molar-refractivity contribution is 9.10. The molecule has 0 amide bonds. The van der Waals surface area contributed by atoms with E-state index >= 15 is 0 Å². The fourth-order valence-electron chi connectivity index (χ4n) is 2.12. The molecule has 0 aliphatic heterocycles. The van der Waals surface area contributed by atoms with Gasteiger partial charge in [-0.15, -0.1) is 0 Å². The molecule has 0 saturated heterocycles. The number of rotatable bonds is 3. The van der Waals surface area contributed by atoms with Gasteiger partial charge < -0.3 is 5.32 Å². The zero-order valence-corrected chi connectivity index (χ0v) is 12.9.